The molecule has 0 aliphatic heterocycles. The number of thiophene rings is 1. The van der Waals surface area contributed by atoms with Gasteiger partial charge in [-0.05, 0) is 52.4 Å². The number of rotatable bonds is 8. The zero-order valence-corrected chi connectivity index (χ0v) is 18.8. The molecule has 4 aromatic rings. The van der Waals surface area contributed by atoms with Crippen LogP contribution in [0.1, 0.15) is 22.9 Å². The Labute approximate surface area is 187 Å². The average Bonchev–Trinajstić information content (AvgIpc) is 3.31. The molecular weight excluding hydrogens is 402 g/mol. The number of amides is 1. The fourth-order valence-electron chi connectivity index (χ4n) is 3.96. The first-order chi connectivity index (χ1) is 15.1. The lowest BCUT2D eigenvalue weighted by molar-refractivity contribution is -0.133. The highest BCUT2D eigenvalue weighted by Crippen LogP contribution is 2.22. The molecule has 1 heterocycles. The second-order valence-corrected chi connectivity index (χ2v) is 8.85. The third-order valence-electron chi connectivity index (χ3n) is 5.66. The maximum absolute atomic E-state index is 13.6. The molecule has 0 spiro atoms. The average molecular weight is 430 g/mol. The normalized spacial score (nSPS) is 11.9. The van der Waals surface area contributed by atoms with E-state index < -0.39 is 0 Å². The number of carbonyl (C=O) groups excluding carboxylic acids is 1. The van der Waals surface area contributed by atoms with Crippen molar-refractivity contribution in [2.75, 3.05) is 7.11 Å². The Morgan fingerprint density at radius 1 is 0.968 bits per heavy atom. The molecule has 1 atom stereocenters. The van der Waals surface area contributed by atoms with Gasteiger partial charge in [-0.2, -0.15) is 0 Å². The monoisotopic (exact) mass is 429 g/mol. The van der Waals surface area contributed by atoms with Crippen molar-refractivity contribution in [3.63, 3.8) is 0 Å². The Morgan fingerprint density at radius 3 is 2.48 bits per heavy atom. The van der Waals surface area contributed by atoms with Crippen LogP contribution in [0.15, 0.2) is 84.2 Å². The fourth-order valence-corrected chi connectivity index (χ4v) is 4.79. The number of hydrogen-bond donors (Lipinski definition) is 0. The van der Waals surface area contributed by atoms with Crippen LogP contribution in [0.5, 0.6) is 5.75 Å². The van der Waals surface area contributed by atoms with Gasteiger partial charge in [0.1, 0.15) is 5.75 Å². The number of hydrogen-bond acceptors (Lipinski definition) is 3. The molecule has 3 aromatic carbocycles. The van der Waals surface area contributed by atoms with Crippen molar-refractivity contribution in [2.24, 2.45) is 0 Å². The second kappa shape index (κ2) is 9.80. The fraction of sp³-hybridized carbons (Fsp3) is 0.222. The van der Waals surface area contributed by atoms with E-state index in [-0.39, 0.29) is 11.9 Å². The van der Waals surface area contributed by atoms with E-state index in [1.54, 1.807) is 18.4 Å². The van der Waals surface area contributed by atoms with Crippen LogP contribution in [0, 0.1) is 0 Å². The Balaban J connectivity index is 1.59. The number of carbonyl (C=O) groups is 1. The Kier molecular flexibility index (Phi) is 6.68. The molecule has 0 saturated heterocycles. The molecule has 0 bridgehead atoms. The van der Waals surface area contributed by atoms with Gasteiger partial charge in [0.05, 0.1) is 13.5 Å². The van der Waals surface area contributed by atoms with Crippen molar-refractivity contribution in [1.82, 2.24) is 4.90 Å². The Bertz CT molecular complexity index is 1130. The summed E-state index contributed by atoms with van der Waals surface area (Å²) in [6.07, 6.45) is 1.25. The van der Waals surface area contributed by atoms with Gasteiger partial charge >= 0.3 is 0 Å². The molecular formula is C27H27NO2S. The first-order valence-electron chi connectivity index (χ1n) is 10.6. The minimum Gasteiger partial charge on any atom is -0.497 e. The molecule has 4 heteroatoms. The summed E-state index contributed by atoms with van der Waals surface area (Å²) in [5.41, 5.74) is 2.18. The summed E-state index contributed by atoms with van der Waals surface area (Å²) in [5.74, 6) is 0.972. The maximum atomic E-state index is 13.6. The summed E-state index contributed by atoms with van der Waals surface area (Å²) in [4.78, 5) is 16.9. The van der Waals surface area contributed by atoms with Crippen molar-refractivity contribution >= 4 is 28.0 Å². The molecule has 158 valence electrons. The minimum absolute atomic E-state index is 0.100. The molecule has 0 aliphatic carbocycles. The summed E-state index contributed by atoms with van der Waals surface area (Å²) in [5, 5.41) is 4.41. The molecule has 0 aliphatic rings. The van der Waals surface area contributed by atoms with Gasteiger partial charge < -0.3 is 9.64 Å². The van der Waals surface area contributed by atoms with Gasteiger partial charge in [-0.15, -0.1) is 11.3 Å². The standard InChI is InChI=1S/C27H27NO2S/c1-20(17-25-10-6-16-31-25)28(19-21-12-14-24(30-2)15-13-21)27(29)18-23-9-5-8-22-7-3-4-11-26(22)23/h3-16,20H,17-19H2,1-2H3. The van der Waals surface area contributed by atoms with Gasteiger partial charge in [-0.25, -0.2) is 0 Å². The molecule has 1 aromatic heterocycles. The van der Waals surface area contributed by atoms with Crippen molar-refractivity contribution < 1.29 is 9.53 Å². The molecule has 31 heavy (non-hydrogen) atoms. The van der Waals surface area contributed by atoms with E-state index in [9.17, 15) is 4.79 Å². The molecule has 3 nitrogen and oxygen atoms in total. The smallest absolute Gasteiger partial charge is 0.227 e. The molecule has 1 amide bonds. The van der Waals surface area contributed by atoms with Gasteiger partial charge in [0.15, 0.2) is 0 Å². The largest absolute Gasteiger partial charge is 0.497 e. The molecule has 0 saturated carbocycles. The predicted molar refractivity (Wildman–Crippen MR) is 129 cm³/mol. The lowest BCUT2D eigenvalue weighted by Crippen LogP contribution is -2.40. The highest BCUT2D eigenvalue weighted by Gasteiger charge is 2.22. The first-order valence-corrected chi connectivity index (χ1v) is 11.4. The van der Waals surface area contributed by atoms with E-state index >= 15 is 0 Å². The van der Waals surface area contributed by atoms with E-state index in [4.69, 9.17) is 4.74 Å². The minimum atomic E-state index is 0.100. The summed E-state index contributed by atoms with van der Waals surface area (Å²) in [6, 6.07) is 26.7. The van der Waals surface area contributed by atoms with Gasteiger partial charge in [0.25, 0.3) is 0 Å². The number of benzene rings is 3. The van der Waals surface area contributed by atoms with Crippen LogP contribution in [-0.4, -0.2) is 24.0 Å². The molecule has 0 fully saturated rings. The van der Waals surface area contributed by atoms with Crippen molar-refractivity contribution in [1.29, 1.82) is 0 Å². The summed E-state index contributed by atoms with van der Waals surface area (Å²) in [7, 11) is 1.66. The zero-order valence-electron chi connectivity index (χ0n) is 18.0. The van der Waals surface area contributed by atoms with E-state index in [1.807, 2.05) is 47.4 Å². The highest BCUT2D eigenvalue weighted by molar-refractivity contribution is 7.09. The van der Waals surface area contributed by atoms with Gasteiger partial charge in [-0.3, -0.25) is 4.79 Å². The van der Waals surface area contributed by atoms with Crippen LogP contribution in [0.3, 0.4) is 0 Å². The molecule has 0 N–H and O–H groups in total. The lowest BCUT2D eigenvalue weighted by Gasteiger charge is -2.30. The number of nitrogens with zero attached hydrogens (tertiary/aromatic N) is 1. The van der Waals surface area contributed by atoms with Crippen LogP contribution < -0.4 is 4.74 Å². The third kappa shape index (κ3) is 5.15. The van der Waals surface area contributed by atoms with Crippen LogP contribution in [0.25, 0.3) is 10.8 Å². The third-order valence-corrected chi connectivity index (χ3v) is 6.56. The SMILES string of the molecule is COc1ccc(CN(C(=O)Cc2cccc3ccccc23)C(C)Cc2cccs2)cc1. The molecule has 0 radical (unpaired) electrons. The predicted octanol–water partition coefficient (Wildman–Crippen LogP) is 6.11. The van der Waals surface area contributed by atoms with E-state index in [1.165, 1.54) is 10.3 Å². The molecule has 1 unspecified atom stereocenters. The van der Waals surface area contributed by atoms with Crippen LogP contribution in [-0.2, 0) is 24.2 Å². The summed E-state index contributed by atoms with van der Waals surface area (Å²) >= 11 is 1.74. The molecule has 4 rings (SSSR count). The van der Waals surface area contributed by atoms with E-state index in [2.05, 4.69) is 48.7 Å². The quantitative estimate of drug-likeness (QED) is 0.338. The zero-order chi connectivity index (χ0) is 21.6. The Morgan fingerprint density at radius 2 is 1.74 bits per heavy atom. The van der Waals surface area contributed by atoms with Crippen LogP contribution in [0.2, 0.25) is 0 Å². The van der Waals surface area contributed by atoms with Gasteiger partial charge in [0, 0.05) is 23.9 Å². The van der Waals surface area contributed by atoms with Crippen LogP contribution in [0.4, 0.5) is 0 Å². The van der Waals surface area contributed by atoms with Crippen molar-refractivity contribution in [3.05, 3.63) is 100 Å². The number of fused-ring (bicyclic) bond motifs is 1. The first kappa shape index (κ1) is 21.1. The topological polar surface area (TPSA) is 29.5 Å². The van der Waals surface area contributed by atoms with Crippen molar-refractivity contribution in [2.45, 2.75) is 32.4 Å². The lowest BCUT2D eigenvalue weighted by atomic mass is 10.0. The van der Waals surface area contributed by atoms with E-state index in [0.717, 1.165) is 28.7 Å². The van der Waals surface area contributed by atoms with Gasteiger partial charge in [-0.1, -0.05) is 60.7 Å². The van der Waals surface area contributed by atoms with E-state index in [0.29, 0.717) is 13.0 Å². The Hall–Kier alpha value is -3.11. The number of ether oxygens (including phenoxy) is 1. The highest BCUT2D eigenvalue weighted by atomic mass is 32.1. The maximum Gasteiger partial charge on any atom is 0.227 e. The van der Waals surface area contributed by atoms with Gasteiger partial charge in [0.2, 0.25) is 5.91 Å². The van der Waals surface area contributed by atoms with Crippen molar-refractivity contribution in [3.8, 4) is 5.75 Å². The summed E-state index contributed by atoms with van der Waals surface area (Å²) < 4.78 is 5.28. The number of methoxy groups -OCH3 is 1. The second-order valence-electron chi connectivity index (χ2n) is 7.82. The van der Waals surface area contributed by atoms with Crippen LogP contribution >= 0.6 is 11.3 Å². The summed E-state index contributed by atoms with van der Waals surface area (Å²) in [6.45, 7) is 2.73.